The van der Waals surface area contributed by atoms with Crippen LogP contribution in [0, 0.1) is 0 Å². The molecular weight excluding hydrogens is 394 g/mol. The summed E-state index contributed by atoms with van der Waals surface area (Å²) in [6, 6.07) is 16.7. The number of rotatable bonds is 5. The predicted octanol–water partition coefficient (Wildman–Crippen LogP) is 3.24. The Morgan fingerprint density at radius 1 is 1.10 bits per heavy atom. The molecule has 0 unspecified atom stereocenters. The van der Waals surface area contributed by atoms with Crippen molar-refractivity contribution in [1.82, 2.24) is 29.4 Å². The molecule has 31 heavy (non-hydrogen) atoms. The molecule has 0 aliphatic heterocycles. The van der Waals surface area contributed by atoms with Crippen LogP contribution in [-0.2, 0) is 0 Å². The van der Waals surface area contributed by atoms with Crippen LogP contribution in [0.25, 0.3) is 22.7 Å². The van der Waals surface area contributed by atoms with Gasteiger partial charge in [0.25, 0.3) is 5.91 Å². The van der Waals surface area contributed by atoms with Gasteiger partial charge in [-0.1, -0.05) is 18.2 Å². The van der Waals surface area contributed by atoms with E-state index < -0.39 is 5.91 Å². The van der Waals surface area contributed by atoms with Crippen molar-refractivity contribution in [2.45, 2.75) is 0 Å². The first kappa shape index (κ1) is 18.5. The van der Waals surface area contributed by atoms with E-state index in [-0.39, 0.29) is 5.69 Å². The number of carbonyl (C=O) groups excluding carboxylic acids is 1. The first-order chi connectivity index (χ1) is 15.2. The molecule has 3 aromatic heterocycles. The molecule has 1 N–H and O–H groups in total. The molecule has 0 saturated heterocycles. The summed E-state index contributed by atoms with van der Waals surface area (Å²) in [6.07, 6.45) is 6.86. The van der Waals surface area contributed by atoms with Crippen LogP contribution < -0.4 is 10.1 Å². The van der Waals surface area contributed by atoms with Gasteiger partial charge in [0, 0.05) is 24.2 Å². The van der Waals surface area contributed by atoms with Gasteiger partial charge >= 0.3 is 0 Å². The highest BCUT2D eigenvalue weighted by atomic mass is 16.5. The first-order valence-corrected chi connectivity index (χ1v) is 9.48. The summed E-state index contributed by atoms with van der Waals surface area (Å²) in [5.74, 6) is 0.722. The third-order valence-corrected chi connectivity index (χ3v) is 4.69. The van der Waals surface area contributed by atoms with Gasteiger partial charge in [0.15, 0.2) is 5.69 Å². The molecule has 0 aliphatic rings. The summed E-state index contributed by atoms with van der Waals surface area (Å²) in [7, 11) is 1.55. The molecule has 0 spiro atoms. The largest absolute Gasteiger partial charge is 0.495 e. The SMILES string of the molecule is COc1ccc(-c2cn3cccnc3n2)cc1NC(=O)c1cnn(-c2ccccc2)n1. The lowest BCUT2D eigenvalue weighted by atomic mass is 10.1. The van der Waals surface area contributed by atoms with Gasteiger partial charge in [0.05, 0.1) is 30.4 Å². The molecular formula is C22H17N7O2. The van der Waals surface area contributed by atoms with E-state index in [2.05, 4.69) is 25.5 Å². The van der Waals surface area contributed by atoms with Crippen LogP contribution in [0.2, 0.25) is 0 Å². The number of aromatic nitrogens is 6. The van der Waals surface area contributed by atoms with Crippen LogP contribution in [0.1, 0.15) is 10.5 Å². The van der Waals surface area contributed by atoms with Crippen molar-refractivity contribution < 1.29 is 9.53 Å². The highest BCUT2D eigenvalue weighted by molar-refractivity contribution is 6.03. The molecule has 0 fully saturated rings. The summed E-state index contributed by atoms with van der Waals surface area (Å²) in [6.45, 7) is 0. The molecule has 0 aliphatic carbocycles. The fourth-order valence-electron chi connectivity index (χ4n) is 3.17. The molecule has 3 heterocycles. The Labute approximate surface area is 177 Å². The molecule has 0 atom stereocenters. The van der Waals surface area contributed by atoms with Crippen molar-refractivity contribution in [2.75, 3.05) is 12.4 Å². The molecule has 5 rings (SSSR count). The second-order valence-corrected chi connectivity index (χ2v) is 6.68. The Morgan fingerprint density at radius 2 is 1.97 bits per heavy atom. The number of amides is 1. The Hall–Kier alpha value is -4.53. The third kappa shape index (κ3) is 3.60. The number of para-hydroxylation sites is 1. The average molecular weight is 411 g/mol. The number of benzene rings is 2. The van der Waals surface area contributed by atoms with Gasteiger partial charge in [-0.3, -0.25) is 9.20 Å². The monoisotopic (exact) mass is 411 g/mol. The average Bonchev–Trinajstić information content (AvgIpc) is 3.47. The predicted molar refractivity (Wildman–Crippen MR) is 114 cm³/mol. The van der Waals surface area contributed by atoms with Gasteiger partial charge in [-0.2, -0.15) is 9.90 Å². The zero-order valence-electron chi connectivity index (χ0n) is 16.5. The van der Waals surface area contributed by atoms with E-state index in [1.54, 1.807) is 25.4 Å². The van der Waals surface area contributed by atoms with Crippen molar-refractivity contribution in [3.8, 4) is 22.7 Å². The zero-order valence-corrected chi connectivity index (χ0v) is 16.5. The van der Waals surface area contributed by atoms with Gasteiger partial charge < -0.3 is 10.1 Å². The van der Waals surface area contributed by atoms with E-state index in [1.807, 2.05) is 59.3 Å². The maximum absolute atomic E-state index is 12.8. The smallest absolute Gasteiger partial charge is 0.277 e. The van der Waals surface area contributed by atoms with Crippen LogP contribution >= 0.6 is 0 Å². The van der Waals surface area contributed by atoms with E-state index in [0.717, 1.165) is 16.9 Å². The molecule has 5 aromatic rings. The van der Waals surface area contributed by atoms with Crippen LogP contribution in [0.3, 0.4) is 0 Å². The molecule has 1 amide bonds. The fourth-order valence-corrected chi connectivity index (χ4v) is 3.17. The fraction of sp³-hybridized carbons (Fsp3) is 0.0455. The summed E-state index contributed by atoms with van der Waals surface area (Å²) in [4.78, 5) is 23.0. The number of fused-ring (bicyclic) bond motifs is 1. The third-order valence-electron chi connectivity index (χ3n) is 4.69. The lowest BCUT2D eigenvalue weighted by Crippen LogP contribution is -2.14. The molecule has 0 radical (unpaired) electrons. The van der Waals surface area contributed by atoms with Gasteiger partial charge in [0.2, 0.25) is 5.78 Å². The van der Waals surface area contributed by atoms with Crippen molar-refractivity contribution in [1.29, 1.82) is 0 Å². The van der Waals surface area contributed by atoms with E-state index in [9.17, 15) is 4.79 Å². The number of ether oxygens (including phenoxy) is 1. The number of carbonyl (C=O) groups is 1. The molecule has 9 heteroatoms. The van der Waals surface area contributed by atoms with Crippen molar-refractivity contribution in [2.24, 2.45) is 0 Å². The topological polar surface area (TPSA) is 99.2 Å². The highest BCUT2D eigenvalue weighted by Gasteiger charge is 2.16. The Bertz CT molecular complexity index is 1340. The summed E-state index contributed by atoms with van der Waals surface area (Å²) in [5.41, 5.74) is 3.00. The second-order valence-electron chi connectivity index (χ2n) is 6.68. The highest BCUT2D eigenvalue weighted by Crippen LogP contribution is 2.30. The number of nitrogens with one attached hydrogen (secondary N) is 1. The first-order valence-electron chi connectivity index (χ1n) is 9.48. The molecule has 152 valence electrons. The number of imidazole rings is 1. The summed E-state index contributed by atoms with van der Waals surface area (Å²) >= 11 is 0. The molecule has 0 saturated carbocycles. The molecule has 0 bridgehead atoms. The van der Waals surface area contributed by atoms with Crippen LogP contribution in [0.4, 0.5) is 5.69 Å². The number of hydrogen-bond donors (Lipinski definition) is 1. The lowest BCUT2D eigenvalue weighted by molar-refractivity contribution is 0.102. The van der Waals surface area contributed by atoms with Gasteiger partial charge in [-0.05, 0) is 36.4 Å². The Morgan fingerprint density at radius 3 is 2.77 bits per heavy atom. The van der Waals surface area contributed by atoms with Crippen LogP contribution in [0.5, 0.6) is 5.75 Å². The van der Waals surface area contributed by atoms with E-state index >= 15 is 0 Å². The molecule has 2 aromatic carbocycles. The molecule has 9 nitrogen and oxygen atoms in total. The number of hydrogen-bond acceptors (Lipinski definition) is 6. The number of nitrogens with zero attached hydrogens (tertiary/aromatic N) is 6. The second kappa shape index (κ2) is 7.71. The maximum atomic E-state index is 12.8. The quantitative estimate of drug-likeness (QED) is 0.477. The summed E-state index contributed by atoms with van der Waals surface area (Å²) in [5, 5.41) is 11.3. The Kier molecular flexibility index (Phi) is 4.60. The minimum absolute atomic E-state index is 0.188. The van der Waals surface area contributed by atoms with Crippen LogP contribution in [0.15, 0.2) is 79.4 Å². The van der Waals surface area contributed by atoms with Crippen molar-refractivity contribution in [3.63, 3.8) is 0 Å². The zero-order chi connectivity index (χ0) is 21.2. The lowest BCUT2D eigenvalue weighted by Gasteiger charge is -2.10. The maximum Gasteiger partial charge on any atom is 0.277 e. The standard InChI is InChI=1S/C22H17N7O2/c1-31-20-9-8-15(19-14-28-11-5-10-23-22(28)26-19)12-17(20)25-21(30)18-13-24-29(27-18)16-6-3-2-4-7-16/h2-14H,1H3,(H,25,30). The van der Waals surface area contributed by atoms with Gasteiger partial charge in [-0.15, -0.1) is 5.10 Å². The normalized spacial score (nSPS) is 10.9. The van der Waals surface area contributed by atoms with Crippen molar-refractivity contribution in [3.05, 3.63) is 85.1 Å². The summed E-state index contributed by atoms with van der Waals surface area (Å²) < 4.78 is 7.25. The number of methoxy groups -OCH3 is 1. The van der Waals surface area contributed by atoms with E-state index in [1.165, 1.54) is 11.0 Å². The minimum atomic E-state index is -0.394. The van der Waals surface area contributed by atoms with Crippen LogP contribution in [-0.4, -0.2) is 42.4 Å². The van der Waals surface area contributed by atoms with Gasteiger partial charge in [0.1, 0.15) is 5.75 Å². The van der Waals surface area contributed by atoms with E-state index in [4.69, 9.17) is 4.74 Å². The van der Waals surface area contributed by atoms with Crippen molar-refractivity contribution >= 4 is 17.4 Å². The van der Waals surface area contributed by atoms with E-state index in [0.29, 0.717) is 17.2 Å². The number of anilines is 1. The Balaban J connectivity index is 1.43. The van der Waals surface area contributed by atoms with Gasteiger partial charge in [-0.25, -0.2) is 9.97 Å². The minimum Gasteiger partial charge on any atom is -0.495 e.